The van der Waals surface area contributed by atoms with Crippen molar-refractivity contribution < 1.29 is 14.3 Å². The van der Waals surface area contributed by atoms with Crippen LogP contribution in [0, 0.1) is 24.2 Å². The molecule has 38 heavy (non-hydrogen) atoms. The first-order chi connectivity index (χ1) is 18.1. The number of allylic oxidation sites excluding steroid dienone is 7. The lowest BCUT2D eigenvalue weighted by Crippen LogP contribution is -2.16. The van der Waals surface area contributed by atoms with Gasteiger partial charge in [-0.15, -0.1) is 0 Å². The van der Waals surface area contributed by atoms with Crippen LogP contribution < -0.4 is 5.32 Å². The van der Waals surface area contributed by atoms with Gasteiger partial charge in [0.25, 0.3) is 0 Å². The molecule has 1 aromatic rings. The zero-order valence-corrected chi connectivity index (χ0v) is 23.9. The summed E-state index contributed by atoms with van der Waals surface area (Å²) < 4.78 is 13.2. The fourth-order valence-corrected chi connectivity index (χ4v) is 4.36. The van der Waals surface area contributed by atoms with E-state index in [2.05, 4.69) is 30.2 Å². The van der Waals surface area contributed by atoms with Gasteiger partial charge >= 0.3 is 0 Å². The van der Waals surface area contributed by atoms with Gasteiger partial charge in [0.1, 0.15) is 12.0 Å². The topological polar surface area (TPSA) is 86.0 Å². The number of nitriles is 1. The molecule has 0 radical (unpaired) electrons. The maximum Gasteiger partial charge on any atom is 0.231 e. The number of carbonyl (C=O) groups is 1. The van der Waals surface area contributed by atoms with E-state index in [0.29, 0.717) is 24.2 Å². The van der Waals surface area contributed by atoms with Gasteiger partial charge in [0, 0.05) is 6.20 Å². The van der Waals surface area contributed by atoms with Gasteiger partial charge in [0.15, 0.2) is 0 Å². The van der Waals surface area contributed by atoms with Crippen molar-refractivity contribution in [1.82, 2.24) is 4.98 Å². The largest absolute Gasteiger partial charge is 0.388 e. The summed E-state index contributed by atoms with van der Waals surface area (Å²) in [4.78, 5) is 16.5. The molecule has 3 atom stereocenters. The van der Waals surface area contributed by atoms with E-state index in [-0.39, 0.29) is 12.3 Å². The zero-order valence-electron chi connectivity index (χ0n) is 23.9. The minimum atomic E-state index is -1.06. The number of aliphatic hydroxyl groups excluding tert-OH is 1. The third-order valence-electron chi connectivity index (χ3n) is 6.89. The second-order valence-corrected chi connectivity index (χ2v) is 9.89. The van der Waals surface area contributed by atoms with Gasteiger partial charge in [-0.1, -0.05) is 51.0 Å². The lowest BCUT2D eigenvalue weighted by Gasteiger charge is -2.18. The first kappa shape index (κ1) is 30.9. The second-order valence-electron chi connectivity index (χ2n) is 9.89. The van der Waals surface area contributed by atoms with Crippen LogP contribution in [0.5, 0.6) is 0 Å². The number of hydrogen-bond acceptors (Lipinski definition) is 4. The number of carbonyl (C=O) groups excluding carboxylic acids is 1. The molecule has 2 N–H and O–H groups in total. The van der Waals surface area contributed by atoms with Crippen LogP contribution in [0.2, 0.25) is 0 Å². The third kappa shape index (κ3) is 8.10. The Bertz CT molecular complexity index is 1210. The summed E-state index contributed by atoms with van der Waals surface area (Å²) in [6.45, 7) is 14.0. The Morgan fingerprint density at radius 2 is 2.00 bits per heavy atom. The third-order valence-corrected chi connectivity index (χ3v) is 6.89. The molecule has 204 valence electrons. The number of nitrogens with one attached hydrogen (secondary N) is 1. The minimum Gasteiger partial charge on any atom is -0.388 e. The van der Waals surface area contributed by atoms with Gasteiger partial charge in [0.05, 0.1) is 23.7 Å². The molecule has 5 nitrogen and oxygen atoms in total. The van der Waals surface area contributed by atoms with Crippen LogP contribution in [0.15, 0.2) is 63.9 Å². The Labute approximate surface area is 227 Å². The summed E-state index contributed by atoms with van der Waals surface area (Å²) in [6.07, 6.45) is 11.3. The Morgan fingerprint density at radius 3 is 2.50 bits per heavy atom. The molecular weight excluding hydrogens is 477 g/mol. The summed E-state index contributed by atoms with van der Waals surface area (Å²) in [5.74, 6) is -0.551. The van der Waals surface area contributed by atoms with E-state index >= 15 is 0 Å². The molecule has 2 rings (SSSR count). The molecule has 0 aromatic carbocycles. The molecule has 1 aliphatic rings. The van der Waals surface area contributed by atoms with Crippen LogP contribution in [0.25, 0.3) is 6.08 Å². The van der Waals surface area contributed by atoms with E-state index in [1.807, 2.05) is 58.9 Å². The van der Waals surface area contributed by atoms with E-state index in [9.17, 15) is 19.6 Å². The van der Waals surface area contributed by atoms with Crippen LogP contribution in [-0.4, -0.2) is 28.3 Å². The maximum absolute atomic E-state index is 13.2. The summed E-state index contributed by atoms with van der Waals surface area (Å²) in [5.41, 5.74) is 6.91. The van der Waals surface area contributed by atoms with Crippen molar-refractivity contribution in [2.75, 3.05) is 5.32 Å². The van der Waals surface area contributed by atoms with Gasteiger partial charge in [0.2, 0.25) is 5.91 Å². The standard InChI is InChI=1S/C32H42FN3O2/c1-8-12-23(18-34)27(25(11-4)22(7)14-26(20(5)10-3)30(37)13-9-2)16-24-19-35-31(15-21(24)6)36-32(38)28-17-29(28)33/h11-12,14-16,19,28-30,37H,8-10,13,17H2,1-7H3,(H,35,36,38)/b22-14-,23-12+,25-11+,26-20-,27-16+. The highest BCUT2D eigenvalue weighted by atomic mass is 19.1. The van der Waals surface area contributed by atoms with Gasteiger partial charge in [-0.3, -0.25) is 4.79 Å². The van der Waals surface area contributed by atoms with E-state index in [4.69, 9.17) is 0 Å². The molecule has 1 saturated carbocycles. The van der Waals surface area contributed by atoms with E-state index in [0.717, 1.165) is 51.8 Å². The van der Waals surface area contributed by atoms with Crippen molar-refractivity contribution in [3.8, 4) is 6.07 Å². The van der Waals surface area contributed by atoms with Crippen molar-refractivity contribution in [3.05, 3.63) is 75.1 Å². The maximum atomic E-state index is 13.2. The Kier molecular flexibility index (Phi) is 11.9. The highest BCUT2D eigenvalue weighted by Gasteiger charge is 2.43. The van der Waals surface area contributed by atoms with Crippen LogP contribution in [0.3, 0.4) is 0 Å². The highest BCUT2D eigenvalue weighted by molar-refractivity contribution is 5.94. The summed E-state index contributed by atoms with van der Waals surface area (Å²) in [6, 6.07) is 4.12. The Hall–Kier alpha value is -3.30. The fraction of sp³-hybridized carbons (Fsp3) is 0.469. The van der Waals surface area contributed by atoms with Gasteiger partial charge in [-0.2, -0.15) is 5.26 Å². The van der Waals surface area contributed by atoms with Crippen molar-refractivity contribution in [1.29, 1.82) is 5.26 Å². The average molecular weight is 520 g/mol. The summed E-state index contributed by atoms with van der Waals surface area (Å²) >= 11 is 0. The molecule has 1 fully saturated rings. The number of aryl methyl sites for hydroxylation is 1. The second kappa shape index (κ2) is 14.6. The predicted molar refractivity (Wildman–Crippen MR) is 154 cm³/mol. The monoisotopic (exact) mass is 519 g/mol. The van der Waals surface area contributed by atoms with Crippen LogP contribution in [0.1, 0.15) is 84.8 Å². The number of hydrogen-bond donors (Lipinski definition) is 2. The number of anilines is 1. The molecule has 0 spiro atoms. The molecule has 3 unspecified atom stereocenters. The van der Waals surface area contributed by atoms with Crippen molar-refractivity contribution in [2.45, 2.75) is 92.8 Å². The lowest BCUT2D eigenvalue weighted by atomic mass is 9.88. The Morgan fingerprint density at radius 1 is 1.32 bits per heavy atom. The van der Waals surface area contributed by atoms with Crippen molar-refractivity contribution in [2.24, 2.45) is 5.92 Å². The number of aliphatic hydroxyl groups is 1. The minimum absolute atomic E-state index is 0.263. The lowest BCUT2D eigenvalue weighted by molar-refractivity contribution is -0.117. The first-order valence-corrected chi connectivity index (χ1v) is 13.6. The molecule has 1 amide bonds. The number of rotatable bonds is 12. The molecular formula is C32H42FN3O2. The molecule has 1 aliphatic carbocycles. The molecule has 0 saturated heterocycles. The number of alkyl halides is 1. The number of halogens is 1. The number of amides is 1. The first-order valence-electron chi connectivity index (χ1n) is 13.6. The zero-order chi connectivity index (χ0) is 28.4. The van der Waals surface area contributed by atoms with E-state index in [1.165, 1.54) is 0 Å². The smallest absolute Gasteiger partial charge is 0.231 e. The molecule has 0 bridgehead atoms. The SMILES string of the molecule is C/C=C(C(\C)=C/C(=C(\C)CC)C(O)CCC)/C(=C/c1cnc(NC(=O)C2CC2F)cc1C)C(/C#N)=C/CC. The van der Waals surface area contributed by atoms with E-state index < -0.39 is 18.2 Å². The summed E-state index contributed by atoms with van der Waals surface area (Å²) in [5, 5.41) is 23.6. The van der Waals surface area contributed by atoms with Crippen LogP contribution in [-0.2, 0) is 4.79 Å². The molecule has 1 heterocycles. The molecule has 6 heteroatoms. The van der Waals surface area contributed by atoms with Crippen molar-refractivity contribution in [3.63, 3.8) is 0 Å². The molecule has 1 aromatic heterocycles. The summed E-state index contributed by atoms with van der Waals surface area (Å²) in [7, 11) is 0. The fourth-order valence-electron chi connectivity index (χ4n) is 4.36. The van der Waals surface area contributed by atoms with Crippen molar-refractivity contribution >= 4 is 17.8 Å². The van der Waals surface area contributed by atoms with Crippen LogP contribution >= 0.6 is 0 Å². The van der Waals surface area contributed by atoms with Crippen LogP contribution in [0.4, 0.5) is 10.2 Å². The quantitative estimate of drug-likeness (QED) is 0.219. The number of aromatic nitrogens is 1. The average Bonchev–Trinajstić information content (AvgIpc) is 3.63. The Balaban J connectivity index is 2.56. The molecule has 0 aliphatic heterocycles. The number of pyridine rings is 1. The van der Waals surface area contributed by atoms with Gasteiger partial charge in [-0.25, -0.2) is 9.37 Å². The van der Waals surface area contributed by atoms with Gasteiger partial charge < -0.3 is 10.4 Å². The highest BCUT2D eigenvalue weighted by Crippen LogP contribution is 2.35. The van der Waals surface area contributed by atoms with Gasteiger partial charge in [-0.05, 0) is 98.9 Å². The predicted octanol–water partition coefficient (Wildman–Crippen LogP) is 7.71. The normalized spacial score (nSPS) is 20.0. The van der Waals surface area contributed by atoms with E-state index in [1.54, 1.807) is 12.3 Å². The number of nitrogens with zero attached hydrogens (tertiary/aromatic N) is 2.